The summed E-state index contributed by atoms with van der Waals surface area (Å²) in [7, 11) is -2.25. The SMILES string of the molecule is CCOC(=O)Cn1c(=NC(=O)c2ccc(S(=O)(=O)N(C)Cc3ccccc3)cc2)sc2cc(OCC)ccc21. The van der Waals surface area contributed by atoms with E-state index < -0.39 is 21.9 Å². The first-order valence-corrected chi connectivity index (χ1v) is 14.6. The lowest BCUT2D eigenvalue weighted by molar-refractivity contribution is -0.143. The van der Waals surface area contributed by atoms with Gasteiger partial charge in [-0.25, -0.2) is 8.42 Å². The highest BCUT2D eigenvalue weighted by molar-refractivity contribution is 7.89. The van der Waals surface area contributed by atoms with Gasteiger partial charge in [0.25, 0.3) is 5.91 Å². The zero-order chi connectivity index (χ0) is 28.0. The molecule has 1 amide bonds. The lowest BCUT2D eigenvalue weighted by Crippen LogP contribution is -2.26. The summed E-state index contributed by atoms with van der Waals surface area (Å²) in [6.45, 7) is 4.45. The van der Waals surface area contributed by atoms with Crippen LogP contribution < -0.4 is 9.54 Å². The highest BCUT2D eigenvalue weighted by Gasteiger charge is 2.21. The van der Waals surface area contributed by atoms with Crippen LogP contribution in [0.4, 0.5) is 0 Å². The van der Waals surface area contributed by atoms with Gasteiger partial charge in [0.2, 0.25) is 10.0 Å². The van der Waals surface area contributed by atoms with Crippen molar-refractivity contribution in [3.8, 4) is 5.75 Å². The third-order valence-corrected chi connectivity index (χ3v) is 8.67. The van der Waals surface area contributed by atoms with E-state index in [4.69, 9.17) is 9.47 Å². The monoisotopic (exact) mass is 567 g/mol. The number of carbonyl (C=O) groups is 2. The molecule has 204 valence electrons. The summed E-state index contributed by atoms with van der Waals surface area (Å²) < 4.78 is 40.5. The Kier molecular flexibility index (Phi) is 8.95. The molecule has 4 rings (SSSR count). The first-order chi connectivity index (χ1) is 18.7. The number of hydrogen-bond donors (Lipinski definition) is 0. The maximum atomic E-state index is 13.1. The number of aromatic nitrogens is 1. The molecular weight excluding hydrogens is 538 g/mol. The van der Waals surface area contributed by atoms with E-state index in [0.717, 1.165) is 10.3 Å². The second-order valence-electron chi connectivity index (χ2n) is 8.53. The number of thiazole rings is 1. The minimum Gasteiger partial charge on any atom is -0.494 e. The van der Waals surface area contributed by atoms with E-state index in [9.17, 15) is 18.0 Å². The van der Waals surface area contributed by atoms with Gasteiger partial charge in [-0.1, -0.05) is 41.7 Å². The van der Waals surface area contributed by atoms with Crippen LogP contribution in [-0.4, -0.2) is 49.4 Å². The summed E-state index contributed by atoms with van der Waals surface area (Å²) in [5.41, 5.74) is 1.79. The standard InChI is InChI=1S/C28H29N3O6S2/c1-4-36-22-13-16-24-25(17-22)38-28(31(24)19-26(32)37-5-2)29-27(33)21-11-14-23(15-12-21)39(34,35)30(3)18-20-9-7-6-8-10-20/h6-17H,4-5,18-19H2,1-3H3. The number of rotatable bonds is 10. The molecule has 0 bridgehead atoms. The lowest BCUT2D eigenvalue weighted by Gasteiger charge is -2.17. The Morgan fingerprint density at radius 1 is 0.974 bits per heavy atom. The molecule has 0 unspecified atom stereocenters. The van der Waals surface area contributed by atoms with Gasteiger partial charge in [0.05, 0.1) is 28.3 Å². The summed E-state index contributed by atoms with van der Waals surface area (Å²) in [6.07, 6.45) is 0. The Morgan fingerprint density at radius 3 is 2.36 bits per heavy atom. The van der Waals surface area contributed by atoms with Crippen LogP contribution >= 0.6 is 11.3 Å². The molecule has 0 N–H and O–H groups in total. The van der Waals surface area contributed by atoms with Crippen molar-refractivity contribution in [3.63, 3.8) is 0 Å². The molecule has 9 nitrogen and oxygen atoms in total. The summed E-state index contributed by atoms with van der Waals surface area (Å²) >= 11 is 1.24. The Hall–Kier alpha value is -3.80. The van der Waals surface area contributed by atoms with Crippen molar-refractivity contribution in [2.24, 2.45) is 4.99 Å². The van der Waals surface area contributed by atoms with Crippen molar-refractivity contribution >= 4 is 43.5 Å². The molecule has 0 saturated carbocycles. The predicted octanol–water partition coefficient (Wildman–Crippen LogP) is 4.23. The van der Waals surface area contributed by atoms with Gasteiger partial charge < -0.3 is 14.0 Å². The van der Waals surface area contributed by atoms with Gasteiger partial charge in [-0.3, -0.25) is 9.59 Å². The van der Waals surface area contributed by atoms with Gasteiger partial charge in [-0.2, -0.15) is 9.30 Å². The van der Waals surface area contributed by atoms with Gasteiger partial charge in [0.1, 0.15) is 12.3 Å². The topological polar surface area (TPSA) is 107 Å². The maximum absolute atomic E-state index is 13.1. The highest BCUT2D eigenvalue weighted by Crippen LogP contribution is 2.24. The van der Waals surface area contributed by atoms with Gasteiger partial charge in [-0.05, 0) is 61.9 Å². The van der Waals surface area contributed by atoms with Crippen LogP contribution in [0.2, 0.25) is 0 Å². The number of benzene rings is 3. The predicted molar refractivity (Wildman–Crippen MR) is 149 cm³/mol. The summed E-state index contributed by atoms with van der Waals surface area (Å²) in [6, 6.07) is 20.4. The normalized spacial score (nSPS) is 12.2. The fourth-order valence-electron chi connectivity index (χ4n) is 3.91. The Bertz CT molecular complexity index is 1640. The van der Waals surface area contributed by atoms with Crippen molar-refractivity contribution in [3.05, 3.63) is 88.7 Å². The molecule has 1 aromatic heterocycles. The number of nitrogens with zero attached hydrogens (tertiary/aromatic N) is 3. The van der Waals surface area contributed by atoms with Crippen LogP contribution in [0.5, 0.6) is 5.75 Å². The average molecular weight is 568 g/mol. The maximum Gasteiger partial charge on any atom is 0.326 e. The van der Waals surface area contributed by atoms with Crippen molar-refractivity contribution < 1.29 is 27.5 Å². The second-order valence-corrected chi connectivity index (χ2v) is 11.6. The zero-order valence-corrected chi connectivity index (χ0v) is 23.5. The molecule has 0 fully saturated rings. The fourth-order valence-corrected chi connectivity index (χ4v) is 6.13. The number of sulfonamides is 1. The van der Waals surface area contributed by atoms with Gasteiger partial charge in [0.15, 0.2) is 4.80 Å². The molecule has 0 radical (unpaired) electrons. The Labute approximate surface area is 231 Å². The second kappa shape index (κ2) is 12.4. The summed E-state index contributed by atoms with van der Waals surface area (Å²) in [5.74, 6) is -0.346. The molecule has 11 heteroatoms. The third-order valence-electron chi connectivity index (χ3n) is 5.81. The van der Waals surface area contributed by atoms with Gasteiger partial charge in [0, 0.05) is 19.2 Å². The molecule has 1 heterocycles. The van der Waals surface area contributed by atoms with Crippen LogP contribution in [0.15, 0.2) is 82.7 Å². The number of esters is 1. The van der Waals surface area contributed by atoms with E-state index >= 15 is 0 Å². The van der Waals surface area contributed by atoms with E-state index in [1.54, 1.807) is 17.6 Å². The molecule has 3 aromatic carbocycles. The quantitative estimate of drug-likeness (QED) is 0.266. The van der Waals surface area contributed by atoms with Gasteiger partial charge in [-0.15, -0.1) is 0 Å². The smallest absolute Gasteiger partial charge is 0.326 e. The van der Waals surface area contributed by atoms with E-state index in [1.165, 1.54) is 47.0 Å². The summed E-state index contributed by atoms with van der Waals surface area (Å²) in [5, 5.41) is 0. The number of hydrogen-bond acceptors (Lipinski definition) is 7. The number of ether oxygens (including phenoxy) is 2. The van der Waals surface area contributed by atoms with Crippen LogP contribution in [0.1, 0.15) is 29.8 Å². The molecule has 39 heavy (non-hydrogen) atoms. The van der Waals surface area contributed by atoms with E-state index in [0.29, 0.717) is 22.7 Å². The van der Waals surface area contributed by atoms with E-state index in [1.807, 2.05) is 49.4 Å². The minimum absolute atomic E-state index is 0.0696. The number of carbonyl (C=O) groups excluding carboxylic acids is 2. The fraction of sp³-hybridized carbons (Fsp3) is 0.250. The molecule has 4 aromatic rings. The molecule has 0 spiro atoms. The van der Waals surface area contributed by atoms with Crippen molar-refractivity contribution in [2.45, 2.75) is 31.8 Å². The Morgan fingerprint density at radius 2 is 1.69 bits per heavy atom. The average Bonchev–Trinajstić information content (AvgIpc) is 3.25. The lowest BCUT2D eigenvalue weighted by atomic mass is 10.2. The first kappa shape index (κ1) is 28.2. The Balaban J connectivity index is 1.63. The van der Waals surface area contributed by atoms with Crippen molar-refractivity contribution in [2.75, 3.05) is 20.3 Å². The van der Waals surface area contributed by atoms with Crippen LogP contribution in [0.25, 0.3) is 10.2 Å². The third kappa shape index (κ3) is 6.62. The minimum atomic E-state index is -3.76. The van der Waals surface area contributed by atoms with Gasteiger partial charge >= 0.3 is 5.97 Å². The molecular formula is C28H29N3O6S2. The first-order valence-electron chi connectivity index (χ1n) is 12.3. The molecule has 0 saturated heterocycles. The number of fused-ring (bicyclic) bond motifs is 1. The molecule has 0 aliphatic carbocycles. The molecule has 0 aliphatic heterocycles. The molecule has 0 aliphatic rings. The van der Waals surface area contributed by atoms with Crippen LogP contribution in [-0.2, 0) is 32.6 Å². The summed E-state index contributed by atoms with van der Waals surface area (Å²) in [4.78, 5) is 30.0. The highest BCUT2D eigenvalue weighted by atomic mass is 32.2. The van der Waals surface area contributed by atoms with Crippen LogP contribution in [0, 0.1) is 0 Å². The van der Waals surface area contributed by atoms with Crippen molar-refractivity contribution in [1.29, 1.82) is 0 Å². The van der Waals surface area contributed by atoms with E-state index in [2.05, 4.69) is 4.99 Å². The largest absolute Gasteiger partial charge is 0.494 e. The van der Waals surface area contributed by atoms with E-state index in [-0.39, 0.29) is 30.2 Å². The van der Waals surface area contributed by atoms with Crippen LogP contribution in [0.3, 0.4) is 0 Å². The molecule has 0 atom stereocenters. The van der Waals surface area contributed by atoms with Crippen molar-refractivity contribution in [1.82, 2.24) is 8.87 Å². The number of amides is 1. The zero-order valence-electron chi connectivity index (χ0n) is 21.9.